The maximum absolute atomic E-state index is 11.9. The Morgan fingerprint density at radius 3 is 2.37 bits per heavy atom. The van der Waals surface area contributed by atoms with Crippen LogP contribution in [0.25, 0.3) is 0 Å². The maximum atomic E-state index is 11.9. The zero-order chi connectivity index (χ0) is 14.5. The molecule has 1 aromatic rings. The van der Waals surface area contributed by atoms with Crippen molar-refractivity contribution in [3.8, 4) is 5.75 Å². The molecule has 0 aliphatic heterocycles. The quantitative estimate of drug-likeness (QED) is 0.801. The number of carbonyl (C=O) groups excluding carboxylic acids is 1. The van der Waals surface area contributed by atoms with E-state index in [-0.39, 0.29) is 12.6 Å². The molecule has 4 nitrogen and oxygen atoms in total. The normalized spacial score (nSPS) is 13.7. The zero-order valence-electron chi connectivity index (χ0n) is 12.4. The van der Waals surface area contributed by atoms with Crippen LogP contribution >= 0.6 is 0 Å². The van der Waals surface area contributed by atoms with E-state index in [0.717, 1.165) is 16.9 Å². The van der Waals surface area contributed by atoms with E-state index in [0.29, 0.717) is 6.61 Å². The number of ether oxygens (including phenoxy) is 2. The summed E-state index contributed by atoms with van der Waals surface area (Å²) in [4.78, 5) is 11.9. The minimum atomic E-state index is -0.843. The molecule has 0 aliphatic rings. The Hall–Kier alpha value is -1.55. The summed E-state index contributed by atoms with van der Waals surface area (Å²) in [5.41, 5.74) is 1.27. The van der Waals surface area contributed by atoms with Crippen LogP contribution in [0.1, 0.15) is 25.0 Å². The van der Waals surface area contributed by atoms with E-state index in [2.05, 4.69) is 5.32 Å². The van der Waals surface area contributed by atoms with Crippen molar-refractivity contribution in [3.05, 3.63) is 29.3 Å². The number of carbonyl (C=O) groups is 1. The van der Waals surface area contributed by atoms with Crippen molar-refractivity contribution in [1.29, 1.82) is 0 Å². The fourth-order valence-electron chi connectivity index (χ4n) is 1.77. The number of hydrogen-bond donors (Lipinski definition) is 1. The summed E-state index contributed by atoms with van der Waals surface area (Å²) >= 11 is 0. The molecule has 19 heavy (non-hydrogen) atoms. The molecule has 0 aromatic heterocycles. The van der Waals surface area contributed by atoms with Crippen molar-refractivity contribution in [1.82, 2.24) is 5.32 Å². The van der Waals surface area contributed by atoms with Gasteiger partial charge < -0.3 is 14.8 Å². The number of hydrogen-bond acceptors (Lipinski definition) is 4. The molecule has 0 radical (unpaired) electrons. The SMILES string of the molecule is CCOC(=O)C(C)(COc1c(C)cccc1C)NC. The number of para-hydroxylation sites is 1. The van der Waals surface area contributed by atoms with Crippen LogP contribution in [0.3, 0.4) is 0 Å². The second kappa shape index (κ2) is 6.57. The van der Waals surface area contributed by atoms with Crippen LogP contribution in [0.5, 0.6) is 5.75 Å². The van der Waals surface area contributed by atoms with Gasteiger partial charge in [0.25, 0.3) is 0 Å². The van der Waals surface area contributed by atoms with Gasteiger partial charge in [0.15, 0.2) is 0 Å². The van der Waals surface area contributed by atoms with Crippen molar-refractivity contribution in [2.75, 3.05) is 20.3 Å². The lowest BCUT2D eigenvalue weighted by Crippen LogP contribution is -2.53. The molecule has 0 amide bonds. The first kappa shape index (κ1) is 15.5. The number of rotatable bonds is 6. The molecule has 0 bridgehead atoms. The van der Waals surface area contributed by atoms with Crippen molar-refractivity contribution in [2.24, 2.45) is 0 Å². The van der Waals surface area contributed by atoms with Crippen LogP contribution in [-0.4, -0.2) is 31.8 Å². The van der Waals surface area contributed by atoms with E-state index < -0.39 is 5.54 Å². The van der Waals surface area contributed by atoms with Crippen LogP contribution in [0.4, 0.5) is 0 Å². The predicted molar refractivity (Wildman–Crippen MR) is 75.5 cm³/mol. The molecule has 0 fully saturated rings. The van der Waals surface area contributed by atoms with Gasteiger partial charge in [-0.15, -0.1) is 0 Å². The van der Waals surface area contributed by atoms with Gasteiger partial charge in [0.2, 0.25) is 0 Å². The molecule has 0 saturated heterocycles. The number of likely N-dealkylation sites (N-methyl/N-ethyl adjacent to an activating group) is 1. The van der Waals surface area contributed by atoms with Crippen molar-refractivity contribution < 1.29 is 14.3 Å². The average molecular weight is 265 g/mol. The third-order valence-corrected chi connectivity index (χ3v) is 3.19. The molecule has 0 spiro atoms. The molecule has 1 unspecified atom stereocenters. The second-order valence-electron chi connectivity index (χ2n) is 4.81. The Morgan fingerprint density at radius 1 is 1.32 bits per heavy atom. The van der Waals surface area contributed by atoms with Crippen molar-refractivity contribution in [3.63, 3.8) is 0 Å². The van der Waals surface area contributed by atoms with Gasteiger partial charge in [0.1, 0.15) is 17.9 Å². The zero-order valence-corrected chi connectivity index (χ0v) is 12.4. The van der Waals surface area contributed by atoms with Crippen LogP contribution in [0.15, 0.2) is 18.2 Å². The smallest absolute Gasteiger partial charge is 0.329 e. The van der Waals surface area contributed by atoms with E-state index in [1.807, 2.05) is 32.0 Å². The summed E-state index contributed by atoms with van der Waals surface area (Å²) < 4.78 is 10.9. The Kier molecular flexibility index (Phi) is 5.36. The minimum absolute atomic E-state index is 0.230. The Bertz CT molecular complexity index is 425. The summed E-state index contributed by atoms with van der Waals surface area (Å²) in [5, 5.41) is 2.97. The third kappa shape index (κ3) is 3.70. The number of nitrogens with one attached hydrogen (secondary N) is 1. The largest absolute Gasteiger partial charge is 0.490 e. The first-order chi connectivity index (χ1) is 8.94. The first-order valence-electron chi connectivity index (χ1n) is 6.49. The molecule has 106 valence electrons. The summed E-state index contributed by atoms with van der Waals surface area (Å²) in [6, 6.07) is 5.97. The van der Waals surface area contributed by atoms with Crippen LogP contribution in [0, 0.1) is 13.8 Å². The fraction of sp³-hybridized carbons (Fsp3) is 0.533. The van der Waals surface area contributed by atoms with Crippen LogP contribution in [-0.2, 0) is 9.53 Å². The van der Waals surface area contributed by atoms with Crippen LogP contribution < -0.4 is 10.1 Å². The molecular formula is C15H23NO3. The lowest BCUT2D eigenvalue weighted by Gasteiger charge is -2.27. The molecule has 1 N–H and O–H groups in total. The molecule has 1 rings (SSSR count). The van der Waals surface area contributed by atoms with Gasteiger partial charge in [-0.25, -0.2) is 4.79 Å². The van der Waals surface area contributed by atoms with Gasteiger partial charge in [0, 0.05) is 0 Å². The molecule has 0 heterocycles. The highest BCUT2D eigenvalue weighted by atomic mass is 16.5. The summed E-state index contributed by atoms with van der Waals surface area (Å²) in [6.45, 7) is 8.14. The minimum Gasteiger partial charge on any atom is -0.490 e. The summed E-state index contributed by atoms with van der Waals surface area (Å²) in [5.74, 6) is 0.525. The molecular weight excluding hydrogens is 242 g/mol. The average Bonchev–Trinajstić information content (AvgIpc) is 2.38. The lowest BCUT2D eigenvalue weighted by molar-refractivity contribution is -0.151. The topological polar surface area (TPSA) is 47.6 Å². The highest BCUT2D eigenvalue weighted by Crippen LogP contribution is 2.23. The molecule has 0 saturated carbocycles. The fourth-order valence-corrected chi connectivity index (χ4v) is 1.77. The van der Waals surface area contributed by atoms with E-state index >= 15 is 0 Å². The summed E-state index contributed by atoms with van der Waals surface area (Å²) in [7, 11) is 1.73. The van der Waals surface area contributed by atoms with E-state index in [9.17, 15) is 4.79 Å². The first-order valence-corrected chi connectivity index (χ1v) is 6.49. The van der Waals surface area contributed by atoms with Gasteiger partial charge in [0.05, 0.1) is 6.61 Å². The Morgan fingerprint density at radius 2 is 1.89 bits per heavy atom. The molecule has 4 heteroatoms. The highest BCUT2D eigenvalue weighted by Gasteiger charge is 2.34. The standard InChI is InChI=1S/C15H23NO3/c1-6-18-14(17)15(4,16-5)10-19-13-11(2)8-7-9-12(13)3/h7-9,16H,6,10H2,1-5H3. The van der Waals surface area contributed by atoms with E-state index in [1.165, 1.54) is 0 Å². The van der Waals surface area contributed by atoms with Crippen molar-refractivity contribution >= 4 is 5.97 Å². The number of benzene rings is 1. The van der Waals surface area contributed by atoms with Gasteiger partial charge in [-0.3, -0.25) is 0 Å². The molecule has 1 aromatic carbocycles. The van der Waals surface area contributed by atoms with E-state index in [4.69, 9.17) is 9.47 Å². The highest BCUT2D eigenvalue weighted by molar-refractivity contribution is 5.80. The van der Waals surface area contributed by atoms with E-state index in [1.54, 1.807) is 20.9 Å². The van der Waals surface area contributed by atoms with Gasteiger partial charge in [-0.1, -0.05) is 18.2 Å². The predicted octanol–water partition coefficient (Wildman–Crippen LogP) is 2.22. The molecule has 0 aliphatic carbocycles. The Labute approximate surface area is 115 Å². The van der Waals surface area contributed by atoms with Gasteiger partial charge >= 0.3 is 5.97 Å². The number of aryl methyl sites for hydroxylation is 2. The number of esters is 1. The monoisotopic (exact) mass is 265 g/mol. The Balaban J connectivity index is 2.81. The van der Waals surface area contributed by atoms with Crippen molar-refractivity contribution in [2.45, 2.75) is 33.2 Å². The third-order valence-electron chi connectivity index (χ3n) is 3.19. The van der Waals surface area contributed by atoms with Gasteiger partial charge in [-0.2, -0.15) is 0 Å². The van der Waals surface area contributed by atoms with Gasteiger partial charge in [-0.05, 0) is 45.9 Å². The molecule has 1 atom stereocenters. The lowest BCUT2D eigenvalue weighted by atomic mass is 10.0. The second-order valence-corrected chi connectivity index (χ2v) is 4.81. The summed E-state index contributed by atoms with van der Waals surface area (Å²) in [6.07, 6.45) is 0. The van der Waals surface area contributed by atoms with Crippen LogP contribution in [0.2, 0.25) is 0 Å². The maximum Gasteiger partial charge on any atom is 0.329 e.